The standard InChI is InChI=1S/C19H30O3/c1-8-22-17(21)16(19(5,6)7)15(18(2,3)4)13-11-9-10-12-14(13)20/h9-12,15-16,20H,8H2,1-7H3. The Bertz CT molecular complexity index is 506. The van der Waals surface area contributed by atoms with Crippen LogP contribution in [-0.4, -0.2) is 17.7 Å². The number of aromatic hydroxyl groups is 1. The van der Waals surface area contributed by atoms with Crippen LogP contribution in [0.5, 0.6) is 5.75 Å². The van der Waals surface area contributed by atoms with E-state index in [0.717, 1.165) is 5.56 Å². The molecule has 0 fully saturated rings. The van der Waals surface area contributed by atoms with Gasteiger partial charge in [-0.1, -0.05) is 59.7 Å². The van der Waals surface area contributed by atoms with Gasteiger partial charge in [0.2, 0.25) is 0 Å². The van der Waals surface area contributed by atoms with Gasteiger partial charge in [0.05, 0.1) is 12.5 Å². The number of phenols is 1. The Hall–Kier alpha value is -1.51. The van der Waals surface area contributed by atoms with Crippen LogP contribution in [-0.2, 0) is 9.53 Å². The number of esters is 1. The zero-order valence-electron chi connectivity index (χ0n) is 14.9. The molecule has 0 bridgehead atoms. The molecule has 0 radical (unpaired) electrons. The molecular weight excluding hydrogens is 276 g/mol. The van der Waals surface area contributed by atoms with Crippen molar-refractivity contribution in [1.82, 2.24) is 0 Å². The van der Waals surface area contributed by atoms with Crippen LogP contribution in [0.1, 0.15) is 59.9 Å². The second-order valence-electron chi connectivity index (χ2n) is 8.00. The number of ether oxygens (including phenoxy) is 1. The Morgan fingerprint density at radius 2 is 1.64 bits per heavy atom. The molecule has 2 unspecified atom stereocenters. The molecule has 0 aliphatic heterocycles. The van der Waals surface area contributed by atoms with Crippen molar-refractivity contribution in [3.63, 3.8) is 0 Å². The molecule has 0 amide bonds. The van der Waals surface area contributed by atoms with E-state index in [0.29, 0.717) is 6.61 Å². The van der Waals surface area contributed by atoms with Gasteiger partial charge in [0.1, 0.15) is 5.75 Å². The third kappa shape index (κ3) is 4.25. The van der Waals surface area contributed by atoms with E-state index in [2.05, 4.69) is 20.8 Å². The quantitative estimate of drug-likeness (QED) is 0.817. The fourth-order valence-corrected chi connectivity index (χ4v) is 3.12. The largest absolute Gasteiger partial charge is 0.508 e. The normalized spacial score (nSPS) is 15.2. The number of hydrogen-bond acceptors (Lipinski definition) is 3. The maximum absolute atomic E-state index is 12.7. The first-order chi connectivity index (χ1) is 10.00. The summed E-state index contributed by atoms with van der Waals surface area (Å²) >= 11 is 0. The summed E-state index contributed by atoms with van der Waals surface area (Å²) in [7, 11) is 0. The summed E-state index contributed by atoms with van der Waals surface area (Å²) in [5.41, 5.74) is 0.346. The van der Waals surface area contributed by atoms with E-state index >= 15 is 0 Å². The number of para-hydroxylation sites is 1. The lowest BCUT2D eigenvalue weighted by Crippen LogP contribution is -2.40. The van der Waals surface area contributed by atoms with Gasteiger partial charge >= 0.3 is 5.97 Å². The zero-order valence-corrected chi connectivity index (χ0v) is 14.9. The average molecular weight is 306 g/mol. The summed E-state index contributed by atoms with van der Waals surface area (Å²) in [5, 5.41) is 10.3. The van der Waals surface area contributed by atoms with Gasteiger partial charge in [0.15, 0.2) is 0 Å². The van der Waals surface area contributed by atoms with E-state index in [-0.39, 0.29) is 34.4 Å². The summed E-state index contributed by atoms with van der Waals surface area (Å²) in [6.45, 7) is 14.6. The van der Waals surface area contributed by atoms with Crippen molar-refractivity contribution < 1.29 is 14.6 Å². The van der Waals surface area contributed by atoms with Crippen molar-refractivity contribution in [3.8, 4) is 5.75 Å². The predicted octanol–water partition coefficient (Wildman–Crippen LogP) is 4.75. The smallest absolute Gasteiger partial charge is 0.310 e. The highest BCUT2D eigenvalue weighted by atomic mass is 16.5. The van der Waals surface area contributed by atoms with Crippen LogP contribution < -0.4 is 0 Å². The lowest BCUT2D eigenvalue weighted by molar-refractivity contribution is -0.154. The summed E-state index contributed by atoms with van der Waals surface area (Å²) in [5.74, 6) is -0.423. The number of hydrogen-bond donors (Lipinski definition) is 1. The minimum Gasteiger partial charge on any atom is -0.508 e. The molecule has 2 atom stereocenters. The van der Waals surface area contributed by atoms with Crippen LogP contribution in [0, 0.1) is 16.7 Å². The molecule has 1 rings (SSSR count). The highest BCUT2D eigenvalue weighted by molar-refractivity contribution is 5.75. The number of rotatable bonds is 4. The van der Waals surface area contributed by atoms with Gasteiger partial charge in [-0.15, -0.1) is 0 Å². The van der Waals surface area contributed by atoms with Crippen molar-refractivity contribution in [2.75, 3.05) is 6.61 Å². The second kappa shape index (κ2) is 6.72. The third-order valence-corrected chi connectivity index (χ3v) is 4.01. The summed E-state index contributed by atoms with van der Waals surface area (Å²) in [6, 6.07) is 7.29. The van der Waals surface area contributed by atoms with E-state index in [9.17, 15) is 9.90 Å². The Kier molecular flexibility index (Phi) is 5.66. The number of phenolic OH excluding ortho intramolecular Hbond substituents is 1. The van der Waals surface area contributed by atoms with Crippen molar-refractivity contribution >= 4 is 5.97 Å². The summed E-state index contributed by atoms with van der Waals surface area (Å²) in [6.07, 6.45) is 0. The maximum Gasteiger partial charge on any atom is 0.310 e. The van der Waals surface area contributed by atoms with Crippen molar-refractivity contribution in [2.24, 2.45) is 16.7 Å². The molecule has 0 aromatic heterocycles. The summed E-state index contributed by atoms with van der Waals surface area (Å²) < 4.78 is 5.35. The highest BCUT2D eigenvalue weighted by Gasteiger charge is 2.45. The van der Waals surface area contributed by atoms with E-state index in [4.69, 9.17) is 4.74 Å². The third-order valence-electron chi connectivity index (χ3n) is 4.01. The minimum absolute atomic E-state index is 0.132. The molecule has 1 aromatic rings. The van der Waals surface area contributed by atoms with Crippen molar-refractivity contribution in [3.05, 3.63) is 29.8 Å². The molecule has 0 saturated carbocycles. The minimum atomic E-state index is -0.333. The molecule has 22 heavy (non-hydrogen) atoms. The SMILES string of the molecule is CCOC(=O)C(C(c1ccccc1O)C(C)(C)C)C(C)(C)C. The molecule has 0 saturated heterocycles. The number of carbonyl (C=O) groups excluding carboxylic acids is 1. The molecule has 1 N–H and O–H groups in total. The predicted molar refractivity (Wildman–Crippen MR) is 89.9 cm³/mol. The Morgan fingerprint density at radius 3 is 2.05 bits per heavy atom. The van der Waals surface area contributed by atoms with Gasteiger partial charge in [-0.05, 0) is 29.4 Å². The molecule has 124 valence electrons. The molecule has 0 heterocycles. The highest BCUT2D eigenvalue weighted by Crippen LogP contribution is 2.50. The lowest BCUT2D eigenvalue weighted by Gasteiger charge is -2.42. The molecule has 0 aliphatic rings. The number of benzene rings is 1. The van der Waals surface area contributed by atoms with Gasteiger partial charge in [-0.2, -0.15) is 0 Å². The van der Waals surface area contributed by atoms with Crippen LogP contribution in [0.25, 0.3) is 0 Å². The molecule has 3 nitrogen and oxygen atoms in total. The topological polar surface area (TPSA) is 46.5 Å². The Balaban J connectivity index is 3.47. The van der Waals surface area contributed by atoms with Gasteiger partial charge < -0.3 is 9.84 Å². The van der Waals surface area contributed by atoms with Crippen molar-refractivity contribution in [2.45, 2.75) is 54.4 Å². The monoisotopic (exact) mass is 306 g/mol. The van der Waals surface area contributed by atoms with Crippen LogP contribution in [0.4, 0.5) is 0 Å². The summed E-state index contributed by atoms with van der Waals surface area (Å²) in [4.78, 5) is 12.7. The zero-order chi connectivity index (χ0) is 17.1. The number of carbonyl (C=O) groups is 1. The first kappa shape index (κ1) is 18.5. The van der Waals surface area contributed by atoms with E-state index < -0.39 is 0 Å². The lowest BCUT2D eigenvalue weighted by atomic mass is 9.61. The van der Waals surface area contributed by atoms with E-state index in [1.54, 1.807) is 12.1 Å². The molecule has 1 aromatic carbocycles. The van der Waals surface area contributed by atoms with Gasteiger partial charge in [0.25, 0.3) is 0 Å². The van der Waals surface area contributed by atoms with Crippen LogP contribution >= 0.6 is 0 Å². The average Bonchev–Trinajstić information content (AvgIpc) is 2.34. The van der Waals surface area contributed by atoms with Crippen LogP contribution in [0.2, 0.25) is 0 Å². The Morgan fingerprint density at radius 1 is 1.09 bits per heavy atom. The fraction of sp³-hybridized carbons (Fsp3) is 0.632. The van der Waals surface area contributed by atoms with Gasteiger partial charge in [0, 0.05) is 5.92 Å². The molecule has 0 aliphatic carbocycles. The fourth-order valence-electron chi connectivity index (χ4n) is 3.12. The second-order valence-corrected chi connectivity index (χ2v) is 8.00. The Labute approximate surface area is 134 Å². The van der Waals surface area contributed by atoms with Crippen molar-refractivity contribution in [1.29, 1.82) is 0 Å². The van der Waals surface area contributed by atoms with Crippen LogP contribution in [0.15, 0.2) is 24.3 Å². The molecule has 0 spiro atoms. The maximum atomic E-state index is 12.7. The van der Waals surface area contributed by atoms with E-state index in [1.165, 1.54) is 0 Å². The van der Waals surface area contributed by atoms with Gasteiger partial charge in [-0.3, -0.25) is 4.79 Å². The van der Waals surface area contributed by atoms with Crippen LogP contribution in [0.3, 0.4) is 0 Å². The first-order valence-electron chi connectivity index (χ1n) is 7.94. The molecular formula is C19H30O3. The van der Waals surface area contributed by atoms with E-state index in [1.807, 2.05) is 39.8 Å². The van der Waals surface area contributed by atoms with Gasteiger partial charge in [-0.25, -0.2) is 0 Å². The molecule has 3 heteroatoms. The first-order valence-corrected chi connectivity index (χ1v) is 7.94.